The summed E-state index contributed by atoms with van der Waals surface area (Å²) < 4.78 is 7.19. The molecule has 1 aliphatic rings. The summed E-state index contributed by atoms with van der Waals surface area (Å²) in [5, 5.41) is 24.1. The van der Waals surface area contributed by atoms with Crippen LogP contribution in [0.1, 0.15) is 12.6 Å². The minimum Gasteiger partial charge on any atom is -0.394 e. The zero-order chi connectivity index (χ0) is 11.8. The summed E-state index contributed by atoms with van der Waals surface area (Å²) >= 11 is 0. The van der Waals surface area contributed by atoms with E-state index in [1.54, 1.807) is 23.3 Å². The van der Waals surface area contributed by atoms with Gasteiger partial charge in [0.25, 0.3) is 0 Å². The highest BCUT2D eigenvalue weighted by molar-refractivity contribution is 5.77. The molecule has 0 spiro atoms. The summed E-state index contributed by atoms with van der Waals surface area (Å²) in [5.74, 6) is 0. The van der Waals surface area contributed by atoms with E-state index in [0.29, 0.717) is 6.42 Å². The van der Waals surface area contributed by atoms with Gasteiger partial charge in [-0.3, -0.25) is 4.98 Å². The first-order chi connectivity index (χ1) is 8.29. The fourth-order valence-corrected chi connectivity index (χ4v) is 2.16. The number of hydrogen-bond acceptors (Lipinski definition) is 5. The van der Waals surface area contributed by atoms with Crippen molar-refractivity contribution in [3.8, 4) is 0 Å². The molecular formula is C11H13N3O3. The van der Waals surface area contributed by atoms with E-state index in [-0.39, 0.29) is 12.7 Å². The van der Waals surface area contributed by atoms with Crippen LogP contribution in [0.15, 0.2) is 24.7 Å². The largest absolute Gasteiger partial charge is 0.394 e. The first-order valence-electron chi connectivity index (χ1n) is 5.51. The Morgan fingerprint density at radius 3 is 3.12 bits per heavy atom. The van der Waals surface area contributed by atoms with Crippen LogP contribution in [0.4, 0.5) is 0 Å². The third-order valence-corrected chi connectivity index (χ3v) is 3.01. The molecule has 0 radical (unpaired) electrons. The molecule has 0 amide bonds. The van der Waals surface area contributed by atoms with Crippen LogP contribution in [0.25, 0.3) is 10.9 Å². The van der Waals surface area contributed by atoms with E-state index < -0.39 is 12.3 Å². The van der Waals surface area contributed by atoms with Crippen molar-refractivity contribution in [1.82, 2.24) is 14.8 Å². The summed E-state index contributed by atoms with van der Waals surface area (Å²) in [6, 6.07) is 1.82. The van der Waals surface area contributed by atoms with Crippen molar-refractivity contribution >= 4 is 10.9 Å². The molecule has 0 bridgehead atoms. The van der Waals surface area contributed by atoms with Gasteiger partial charge in [-0.1, -0.05) is 0 Å². The Labute approximate surface area is 97.5 Å². The van der Waals surface area contributed by atoms with E-state index in [1.807, 2.05) is 6.07 Å². The number of rotatable bonds is 2. The van der Waals surface area contributed by atoms with Gasteiger partial charge in [0.05, 0.1) is 24.4 Å². The highest BCUT2D eigenvalue weighted by Gasteiger charge is 2.35. The van der Waals surface area contributed by atoms with Crippen LogP contribution in [0.2, 0.25) is 0 Å². The third-order valence-electron chi connectivity index (χ3n) is 3.01. The molecular weight excluding hydrogens is 222 g/mol. The lowest BCUT2D eigenvalue weighted by molar-refractivity contribution is -0.0545. The highest BCUT2D eigenvalue weighted by atomic mass is 16.5. The van der Waals surface area contributed by atoms with Gasteiger partial charge in [-0.15, -0.1) is 0 Å². The van der Waals surface area contributed by atoms with Crippen molar-refractivity contribution in [2.24, 2.45) is 0 Å². The molecule has 3 heterocycles. The van der Waals surface area contributed by atoms with Gasteiger partial charge in [-0.25, -0.2) is 4.68 Å². The Kier molecular flexibility index (Phi) is 2.54. The minimum absolute atomic E-state index is 0.0890. The Morgan fingerprint density at radius 1 is 1.47 bits per heavy atom. The second kappa shape index (κ2) is 4.06. The van der Waals surface area contributed by atoms with Crippen LogP contribution < -0.4 is 0 Å². The number of aliphatic hydroxyl groups excluding tert-OH is 2. The molecule has 1 fully saturated rings. The Hall–Kier alpha value is -1.50. The second-order valence-electron chi connectivity index (χ2n) is 4.16. The number of fused-ring (bicyclic) bond motifs is 1. The van der Waals surface area contributed by atoms with Crippen molar-refractivity contribution in [2.45, 2.75) is 24.9 Å². The number of nitrogens with zero attached hydrogens (tertiary/aromatic N) is 3. The van der Waals surface area contributed by atoms with Crippen LogP contribution in [0.3, 0.4) is 0 Å². The predicted octanol–water partition coefficient (Wildman–Crippen LogP) is 0.0720. The van der Waals surface area contributed by atoms with Crippen molar-refractivity contribution in [3.63, 3.8) is 0 Å². The van der Waals surface area contributed by atoms with Gasteiger partial charge in [-0.05, 0) is 6.07 Å². The molecule has 6 nitrogen and oxygen atoms in total. The van der Waals surface area contributed by atoms with Crippen molar-refractivity contribution in [3.05, 3.63) is 24.7 Å². The minimum atomic E-state index is -0.650. The number of aliphatic hydroxyl groups is 2. The van der Waals surface area contributed by atoms with Gasteiger partial charge in [-0.2, -0.15) is 5.10 Å². The summed E-state index contributed by atoms with van der Waals surface area (Å²) in [4.78, 5) is 4.01. The van der Waals surface area contributed by atoms with Gasteiger partial charge in [0, 0.05) is 24.2 Å². The first kappa shape index (κ1) is 10.6. The van der Waals surface area contributed by atoms with E-state index in [2.05, 4.69) is 10.1 Å². The molecule has 2 aromatic heterocycles. The van der Waals surface area contributed by atoms with Crippen LogP contribution >= 0.6 is 0 Å². The van der Waals surface area contributed by atoms with Gasteiger partial charge >= 0.3 is 0 Å². The third kappa shape index (κ3) is 1.70. The topological polar surface area (TPSA) is 80.4 Å². The van der Waals surface area contributed by atoms with Crippen LogP contribution in [-0.4, -0.2) is 43.8 Å². The Bertz CT molecular complexity index is 527. The lowest BCUT2D eigenvalue weighted by Crippen LogP contribution is -2.20. The van der Waals surface area contributed by atoms with E-state index in [1.165, 1.54) is 0 Å². The molecule has 1 aliphatic heterocycles. The lowest BCUT2D eigenvalue weighted by Gasteiger charge is -2.15. The van der Waals surface area contributed by atoms with Crippen LogP contribution in [0, 0.1) is 0 Å². The smallest absolute Gasteiger partial charge is 0.177 e. The molecule has 3 rings (SSSR count). The van der Waals surface area contributed by atoms with E-state index in [4.69, 9.17) is 9.84 Å². The number of aromatic nitrogens is 3. The van der Waals surface area contributed by atoms with Crippen molar-refractivity contribution in [1.29, 1.82) is 0 Å². The molecule has 6 heteroatoms. The Balaban J connectivity index is 1.99. The van der Waals surface area contributed by atoms with Gasteiger partial charge in [0.2, 0.25) is 0 Å². The summed E-state index contributed by atoms with van der Waals surface area (Å²) in [5.41, 5.74) is 0.864. The number of pyridine rings is 1. The number of hydrogen-bond donors (Lipinski definition) is 2. The average Bonchev–Trinajstić information content (AvgIpc) is 2.92. The zero-order valence-corrected chi connectivity index (χ0v) is 9.10. The average molecular weight is 235 g/mol. The maximum Gasteiger partial charge on any atom is 0.177 e. The van der Waals surface area contributed by atoms with Gasteiger partial charge in [0.1, 0.15) is 6.10 Å². The molecule has 3 atom stereocenters. The summed E-state index contributed by atoms with van der Waals surface area (Å²) in [6.45, 7) is -0.0890. The van der Waals surface area contributed by atoms with Gasteiger partial charge in [0.15, 0.2) is 6.23 Å². The quantitative estimate of drug-likeness (QED) is 0.770. The molecule has 0 unspecified atom stereocenters. The predicted molar refractivity (Wildman–Crippen MR) is 59.1 cm³/mol. The lowest BCUT2D eigenvalue weighted by atomic mass is 10.2. The summed E-state index contributed by atoms with van der Waals surface area (Å²) in [7, 11) is 0. The van der Waals surface area contributed by atoms with E-state index in [9.17, 15) is 5.11 Å². The van der Waals surface area contributed by atoms with E-state index in [0.717, 1.165) is 10.9 Å². The standard InChI is InChI=1S/C11H13N3O3/c15-6-8-3-10(16)11(17-8)14-9-1-2-12-4-7(9)5-13-14/h1-2,4-5,8,10-11,15-16H,3,6H2/t8-,10-,11+/m0/s1. The maximum atomic E-state index is 9.91. The molecule has 90 valence electrons. The van der Waals surface area contributed by atoms with Crippen LogP contribution in [-0.2, 0) is 4.74 Å². The fraction of sp³-hybridized carbons (Fsp3) is 0.455. The highest BCUT2D eigenvalue weighted by Crippen LogP contribution is 2.30. The molecule has 0 aliphatic carbocycles. The van der Waals surface area contributed by atoms with Crippen molar-refractivity contribution in [2.75, 3.05) is 6.61 Å². The zero-order valence-electron chi connectivity index (χ0n) is 9.10. The Morgan fingerprint density at radius 2 is 2.35 bits per heavy atom. The maximum absolute atomic E-state index is 9.91. The SMILES string of the molecule is OC[C@@H]1C[C@H](O)[C@H](n2ncc3cnccc32)O1. The van der Waals surface area contributed by atoms with E-state index >= 15 is 0 Å². The molecule has 0 aromatic carbocycles. The van der Waals surface area contributed by atoms with Gasteiger partial charge < -0.3 is 14.9 Å². The second-order valence-corrected chi connectivity index (χ2v) is 4.16. The van der Waals surface area contributed by atoms with Crippen LogP contribution in [0.5, 0.6) is 0 Å². The molecule has 17 heavy (non-hydrogen) atoms. The first-order valence-corrected chi connectivity index (χ1v) is 5.51. The molecule has 2 aromatic rings. The molecule has 2 N–H and O–H groups in total. The fourth-order valence-electron chi connectivity index (χ4n) is 2.16. The molecule has 1 saturated heterocycles. The normalized spacial score (nSPS) is 28.9. The monoisotopic (exact) mass is 235 g/mol. The molecule has 0 saturated carbocycles. The number of ether oxygens (including phenoxy) is 1. The summed E-state index contributed by atoms with van der Waals surface area (Å²) in [6.07, 6.45) is 3.99. The van der Waals surface area contributed by atoms with Crippen molar-refractivity contribution < 1.29 is 14.9 Å².